The number of hydrogen-bond acceptors (Lipinski definition) is 5. The van der Waals surface area contributed by atoms with Crippen molar-refractivity contribution in [2.24, 2.45) is 0 Å². The summed E-state index contributed by atoms with van der Waals surface area (Å²) in [6.07, 6.45) is 7.57. The van der Waals surface area contributed by atoms with Crippen molar-refractivity contribution in [3.05, 3.63) is 46.7 Å². The highest BCUT2D eigenvalue weighted by Crippen LogP contribution is 2.38. The van der Waals surface area contributed by atoms with Crippen molar-refractivity contribution in [1.82, 2.24) is 24.9 Å². The summed E-state index contributed by atoms with van der Waals surface area (Å²) >= 11 is 6.57. The van der Waals surface area contributed by atoms with Gasteiger partial charge in [-0.3, -0.25) is 4.79 Å². The Morgan fingerprint density at radius 3 is 2.79 bits per heavy atom. The largest absolute Gasteiger partial charge is 0.381 e. The molecule has 0 radical (unpaired) electrons. The van der Waals surface area contributed by atoms with E-state index in [1.54, 1.807) is 10.7 Å². The molecule has 3 N–H and O–H groups in total. The minimum atomic E-state index is -0.136. The number of carbonyl (C=O) groups is 1. The molecule has 3 aromatic heterocycles. The van der Waals surface area contributed by atoms with Gasteiger partial charge in [0.05, 0.1) is 11.9 Å². The van der Waals surface area contributed by atoms with Crippen molar-refractivity contribution < 1.29 is 9.53 Å². The van der Waals surface area contributed by atoms with Gasteiger partial charge in [0.1, 0.15) is 11.4 Å². The average molecular weight is 465 g/mol. The Bertz CT molecular complexity index is 1370. The number of hydrogen-bond donors (Lipinski definition) is 3. The number of H-pyrrole nitrogens is 1. The van der Waals surface area contributed by atoms with E-state index in [0.29, 0.717) is 22.2 Å². The van der Waals surface area contributed by atoms with E-state index in [4.69, 9.17) is 21.3 Å². The number of anilines is 1. The first kappa shape index (κ1) is 20.5. The first-order valence-electron chi connectivity index (χ1n) is 11.4. The molecule has 9 heteroatoms. The molecule has 2 aliphatic rings. The summed E-state index contributed by atoms with van der Waals surface area (Å²) in [4.78, 5) is 21.1. The minimum absolute atomic E-state index is 0.136. The van der Waals surface area contributed by atoms with Crippen molar-refractivity contribution in [1.29, 1.82) is 0 Å². The molecule has 8 nitrogen and oxygen atoms in total. The molecule has 4 heterocycles. The van der Waals surface area contributed by atoms with Crippen LogP contribution in [0.4, 0.5) is 5.82 Å². The van der Waals surface area contributed by atoms with Crippen LogP contribution in [0.3, 0.4) is 0 Å². The number of amides is 1. The maximum absolute atomic E-state index is 12.8. The van der Waals surface area contributed by atoms with E-state index < -0.39 is 0 Å². The third-order valence-electron chi connectivity index (χ3n) is 6.61. The standard InChI is InChI=1S/C24H25ClN6O2/c1-26-21-10-20(30-23-19(12-28-31(21)23)24(32)29-15-2-3-15)18-11-27-22-16(8-14(25)9-17(18)22)13-4-6-33-7-5-13/h8-13,15,26-27H,2-7H2,1H3,(H,29,32). The van der Waals surface area contributed by atoms with Crippen molar-refractivity contribution in [2.75, 3.05) is 25.6 Å². The SMILES string of the molecule is CNc1cc(-c2c[nH]c3c(C4CCOCC4)cc(Cl)cc23)nc2c(C(=O)NC3CC3)cnn12. The normalized spacial score (nSPS) is 17.0. The van der Waals surface area contributed by atoms with Gasteiger partial charge >= 0.3 is 0 Å². The van der Waals surface area contributed by atoms with Crippen molar-refractivity contribution in [2.45, 2.75) is 37.6 Å². The minimum Gasteiger partial charge on any atom is -0.381 e. The lowest BCUT2D eigenvalue weighted by molar-refractivity contribution is 0.0856. The van der Waals surface area contributed by atoms with Gasteiger partial charge in [0, 0.05) is 60.1 Å². The summed E-state index contributed by atoms with van der Waals surface area (Å²) in [5.41, 5.74) is 4.98. The molecule has 0 spiro atoms. The molecule has 170 valence electrons. The van der Waals surface area contributed by atoms with E-state index in [-0.39, 0.29) is 11.9 Å². The first-order valence-corrected chi connectivity index (χ1v) is 11.8. The number of ether oxygens (including phenoxy) is 1. The summed E-state index contributed by atoms with van der Waals surface area (Å²) in [7, 11) is 1.83. The Labute approximate surface area is 195 Å². The molecule has 2 fully saturated rings. The van der Waals surface area contributed by atoms with E-state index in [2.05, 4.69) is 26.8 Å². The monoisotopic (exact) mass is 464 g/mol. The predicted octanol–water partition coefficient (Wildman–Crippen LogP) is 4.36. The summed E-state index contributed by atoms with van der Waals surface area (Å²) in [5.74, 6) is 1.02. The Morgan fingerprint density at radius 1 is 1.21 bits per heavy atom. The molecule has 1 saturated heterocycles. The molecule has 0 unspecified atom stereocenters. The van der Waals surface area contributed by atoms with Gasteiger partial charge in [0.15, 0.2) is 5.65 Å². The van der Waals surface area contributed by atoms with Gasteiger partial charge < -0.3 is 20.4 Å². The van der Waals surface area contributed by atoms with Crippen LogP contribution in [0.5, 0.6) is 0 Å². The molecule has 6 rings (SSSR count). The Kier molecular flexibility index (Phi) is 4.99. The molecule has 0 bridgehead atoms. The molecule has 33 heavy (non-hydrogen) atoms. The van der Waals surface area contributed by atoms with E-state index >= 15 is 0 Å². The highest BCUT2D eigenvalue weighted by Gasteiger charge is 2.27. The number of nitrogens with one attached hydrogen (secondary N) is 3. The van der Waals surface area contributed by atoms with Crippen LogP contribution in [-0.4, -0.2) is 51.8 Å². The maximum atomic E-state index is 12.8. The van der Waals surface area contributed by atoms with Gasteiger partial charge in [-0.25, -0.2) is 4.98 Å². The number of halogens is 1. The van der Waals surface area contributed by atoms with Crippen LogP contribution in [0, 0.1) is 0 Å². The van der Waals surface area contributed by atoms with Crippen LogP contribution >= 0.6 is 11.6 Å². The third kappa shape index (κ3) is 3.63. The van der Waals surface area contributed by atoms with Crippen molar-refractivity contribution in [3.8, 4) is 11.3 Å². The van der Waals surface area contributed by atoms with E-state index in [9.17, 15) is 4.79 Å². The fraction of sp³-hybridized carbons (Fsp3) is 0.375. The molecule has 1 aliphatic carbocycles. The third-order valence-corrected chi connectivity index (χ3v) is 6.83. The molecular formula is C24H25ClN6O2. The van der Waals surface area contributed by atoms with E-state index in [1.165, 1.54) is 5.56 Å². The first-order chi connectivity index (χ1) is 16.1. The highest BCUT2D eigenvalue weighted by molar-refractivity contribution is 6.31. The topological polar surface area (TPSA) is 96.3 Å². The van der Waals surface area contributed by atoms with Gasteiger partial charge in [-0.1, -0.05) is 11.6 Å². The number of aromatic amines is 1. The van der Waals surface area contributed by atoms with Crippen LogP contribution < -0.4 is 10.6 Å². The molecule has 4 aromatic rings. The number of fused-ring (bicyclic) bond motifs is 2. The number of nitrogens with zero attached hydrogens (tertiary/aromatic N) is 3. The van der Waals surface area contributed by atoms with Gasteiger partial charge in [-0.05, 0) is 49.3 Å². The summed E-state index contributed by atoms with van der Waals surface area (Å²) in [6, 6.07) is 6.25. The summed E-state index contributed by atoms with van der Waals surface area (Å²) < 4.78 is 7.22. The number of aromatic nitrogens is 4. The van der Waals surface area contributed by atoms with E-state index in [0.717, 1.165) is 66.9 Å². The molecule has 0 atom stereocenters. The Hall–Kier alpha value is -3.10. The van der Waals surface area contributed by atoms with Gasteiger partial charge in [0.2, 0.25) is 0 Å². The van der Waals surface area contributed by atoms with Crippen LogP contribution in [0.2, 0.25) is 5.02 Å². The second-order valence-electron chi connectivity index (χ2n) is 8.82. The number of rotatable bonds is 5. The van der Waals surface area contributed by atoms with Crippen LogP contribution in [0.15, 0.2) is 30.6 Å². The molecule has 1 aromatic carbocycles. The van der Waals surface area contributed by atoms with Gasteiger partial charge in [-0.2, -0.15) is 9.61 Å². The molecule has 1 saturated carbocycles. The summed E-state index contributed by atoms with van der Waals surface area (Å²) in [6.45, 7) is 1.53. The molecule has 1 amide bonds. The van der Waals surface area contributed by atoms with E-state index in [1.807, 2.05) is 25.4 Å². The van der Waals surface area contributed by atoms with Gasteiger partial charge in [-0.15, -0.1) is 0 Å². The Morgan fingerprint density at radius 2 is 2.03 bits per heavy atom. The van der Waals surface area contributed by atoms with Crippen LogP contribution in [-0.2, 0) is 4.74 Å². The summed E-state index contributed by atoms with van der Waals surface area (Å²) in [5, 5.41) is 12.3. The van der Waals surface area contributed by atoms with Crippen LogP contribution in [0.1, 0.15) is 47.5 Å². The van der Waals surface area contributed by atoms with Gasteiger partial charge in [0.25, 0.3) is 5.91 Å². The van der Waals surface area contributed by atoms with Crippen molar-refractivity contribution >= 4 is 39.9 Å². The second kappa shape index (κ2) is 8.04. The number of carbonyl (C=O) groups excluding carboxylic acids is 1. The number of benzene rings is 1. The maximum Gasteiger partial charge on any atom is 0.256 e. The lowest BCUT2D eigenvalue weighted by Gasteiger charge is -2.23. The lowest BCUT2D eigenvalue weighted by Crippen LogP contribution is -2.25. The predicted molar refractivity (Wildman–Crippen MR) is 128 cm³/mol. The molecular weight excluding hydrogens is 440 g/mol. The Balaban J connectivity index is 1.49. The molecule has 1 aliphatic heterocycles. The zero-order valence-electron chi connectivity index (χ0n) is 18.3. The second-order valence-corrected chi connectivity index (χ2v) is 9.26. The average Bonchev–Trinajstić information content (AvgIpc) is 3.38. The fourth-order valence-electron chi connectivity index (χ4n) is 4.70. The smallest absolute Gasteiger partial charge is 0.256 e. The quantitative estimate of drug-likeness (QED) is 0.408. The fourth-order valence-corrected chi connectivity index (χ4v) is 4.92. The zero-order chi connectivity index (χ0) is 22.5. The van der Waals surface area contributed by atoms with Crippen LogP contribution in [0.25, 0.3) is 27.8 Å². The van der Waals surface area contributed by atoms with Crippen molar-refractivity contribution in [3.63, 3.8) is 0 Å². The lowest BCUT2D eigenvalue weighted by atomic mass is 9.90. The highest BCUT2D eigenvalue weighted by atomic mass is 35.5. The zero-order valence-corrected chi connectivity index (χ0v) is 19.1.